The molecule has 0 aliphatic carbocycles. The van der Waals surface area contributed by atoms with Crippen LogP contribution in [-0.4, -0.2) is 48.3 Å². The van der Waals surface area contributed by atoms with Gasteiger partial charge in [-0.2, -0.15) is 8.78 Å². The van der Waals surface area contributed by atoms with Crippen molar-refractivity contribution in [1.82, 2.24) is 10.2 Å². The van der Waals surface area contributed by atoms with Crippen molar-refractivity contribution in [1.29, 1.82) is 0 Å². The molecule has 1 heterocycles. The fourth-order valence-corrected chi connectivity index (χ4v) is 3.34. The van der Waals surface area contributed by atoms with Gasteiger partial charge in [-0.15, -0.1) is 0 Å². The van der Waals surface area contributed by atoms with E-state index in [2.05, 4.69) is 27.1 Å². The summed E-state index contributed by atoms with van der Waals surface area (Å²) >= 11 is 0. The van der Waals surface area contributed by atoms with Crippen molar-refractivity contribution in [3.63, 3.8) is 0 Å². The summed E-state index contributed by atoms with van der Waals surface area (Å²) in [4.78, 5) is 14.3. The Morgan fingerprint density at radius 2 is 1.86 bits per heavy atom. The molecule has 3 rings (SSSR count). The first kappa shape index (κ1) is 20.2. The highest BCUT2D eigenvalue weighted by Crippen LogP contribution is 2.19. The van der Waals surface area contributed by atoms with Crippen LogP contribution in [0.1, 0.15) is 27.9 Å². The van der Waals surface area contributed by atoms with Crippen LogP contribution in [-0.2, 0) is 13.0 Å². The number of hydrogen-bond acceptors (Lipinski definition) is 4. The number of aliphatic hydroxyl groups is 1. The molecule has 1 atom stereocenters. The van der Waals surface area contributed by atoms with Gasteiger partial charge in [-0.05, 0) is 48.2 Å². The van der Waals surface area contributed by atoms with E-state index in [4.69, 9.17) is 0 Å². The van der Waals surface area contributed by atoms with E-state index in [0.717, 1.165) is 19.5 Å². The molecular formula is C21H24F2N2O3. The van der Waals surface area contributed by atoms with Crippen LogP contribution in [0.4, 0.5) is 8.78 Å². The largest absolute Gasteiger partial charge is 0.435 e. The van der Waals surface area contributed by atoms with Gasteiger partial charge < -0.3 is 15.2 Å². The number of hydrogen-bond donors (Lipinski definition) is 2. The molecule has 2 aromatic rings. The predicted molar refractivity (Wildman–Crippen MR) is 101 cm³/mol. The molecule has 0 aromatic heterocycles. The van der Waals surface area contributed by atoms with Crippen molar-refractivity contribution in [2.24, 2.45) is 0 Å². The lowest BCUT2D eigenvalue weighted by atomic mass is 9.99. The molecule has 0 spiro atoms. The van der Waals surface area contributed by atoms with Gasteiger partial charge in [-0.3, -0.25) is 9.69 Å². The third kappa shape index (κ3) is 5.74. The standard InChI is InChI=1S/C21H24F2N2O3/c22-21(23)28-19-7-5-16(6-8-19)20(27)24-11-9-18(26)14-25-12-10-15-3-1-2-4-17(15)13-25/h1-8,18,21,26H,9-14H2,(H,24,27). The molecule has 7 heteroatoms. The summed E-state index contributed by atoms with van der Waals surface area (Å²) in [5, 5.41) is 13.0. The van der Waals surface area contributed by atoms with Crippen LogP contribution in [0.25, 0.3) is 0 Å². The summed E-state index contributed by atoms with van der Waals surface area (Å²) in [5.41, 5.74) is 3.02. The number of nitrogens with one attached hydrogen (secondary N) is 1. The highest BCUT2D eigenvalue weighted by molar-refractivity contribution is 5.94. The van der Waals surface area contributed by atoms with E-state index in [1.54, 1.807) is 0 Å². The minimum Gasteiger partial charge on any atom is -0.435 e. The van der Waals surface area contributed by atoms with Gasteiger partial charge in [-0.1, -0.05) is 24.3 Å². The smallest absolute Gasteiger partial charge is 0.387 e. The second kappa shape index (κ2) is 9.61. The Morgan fingerprint density at radius 3 is 2.57 bits per heavy atom. The summed E-state index contributed by atoms with van der Waals surface area (Å²) < 4.78 is 28.5. The molecule has 2 N–H and O–H groups in total. The third-order valence-corrected chi connectivity index (χ3v) is 4.78. The predicted octanol–water partition coefficient (Wildman–Crippen LogP) is 2.83. The zero-order valence-corrected chi connectivity index (χ0v) is 15.5. The van der Waals surface area contributed by atoms with Gasteiger partial charge in [-0.25, -0.2) is 0 Å². The van der Waals surface area contributed by atoms with Gasteiger partial charge >= 0.3 is 6.61 Å². The molecule has 5 nitrogen and oxygen atoms in total. The van der Waals surface area contributed by atoms with E-state index < -0.39 is 12.7 Å². The number of alkyl halides is 2. The normalized spacial score (nSPS) is 15.1. The molecule has 28 heavy (non-hydrogen) atoms. The topological polar surface area (TPSA) is 61.8 Å². The van der Waals surface area contributed by atoms with Gasteiger partial charge in [0.1, 0.15) is 5.75 Å². The number of carbonyl (C=O) groups is 1. The maximum Gasteiger partial charge on any atom is 0.387 e. The number of fused-ring (bicyclic) bond motifs is 1. The molecule has 0 radical (unpaired) electrons. The highest BCUT2D eigenvalue weighted by atomic mass is 19.3. The Balaban J connectivity index is 1.39. The Kier molecular flexibility index (Phi) is 6.95. The monoisotopic (exact) mass is 390 g/mol. The third-order valence-electron chi connectivity index (χ3n) is 4.78. The van der Waals surface area contributed by atoms with Crippen molar-refractivity contribution >= 4 is 5.91 Å². The molecular weight excluding hydrogens is 366 g/mol. The first-order valence-corrected chi connectivity index (χ1v) is 9.31. The quantitative estimate of drug-likeness (QED) is 0.728. The van der Waals surface area contributed by atoms with Gasteiger partial charge in [0.15, 0.2) is 0 Å². The summed E-state index contributed by atoms with van der Waals surface area (Å²) in [6.45, 7) is -0.265. The van der Waals surface area contributed by atoms with E-state index in [-0.39, 0.29) is 11.7 Å². The van der Waals surface area contributed by atoms with Gasteiger partial charge in [0, 0.05) is 31.7 Å². The first-order valence-electron chi connectivity index (χ1n) is 9.31. The summed E-state index contributed by atoms with van der Waals surface area (Å²) in [7, 11) is 0. The van der Waals surface area contributed by atoms with Crippen LogP contribution in [0.15, 0.2) is 48.5 Å². The van der Waals surface area contributed by atoms with Gasteiger partial charge in [0.05, 0.1) is 6.10 Å². The molecule has 150 valence electrons. The molecule has 0 saturated heterocycles. The molecule has 2 aromatic carbocycles. The van der Waals surface area contributed by atoms with Crippen LogP contribution in [0.5, 0.6) is 5.75 Å². The molecule has 0 bridgehead atoms. The minimum atomic E-state index is -2.89. The lowest BCUT2D eigenvalue weighted by Gasteiger charge is -2.30. The number of aliphatic hydroxyl groups excluding tert-OH is 1. The van der Waals surface area contributed by atoms with E-state index in [0.29, 0.717) is 25.1 Å². The molecule has 1 unspecified atom stereocenters. The van der Waals surface area contributed by atoms with E-state index in [1.165, 1.54) is 35.4 Å². The van der Waals surface area contributed by atoms with Crippen LogP contribution in [0.3, 0.4) is 0 Å². The van der Waals surface area contributed by atoms with E-state index in [9.17, 15) is 18.7 Å². The Labute approximate surface area is 162 Å². The number of amides is 1. The molecule has 0 saturated carbocycles. The van der Waals surface area contributed by atoms with Crippen molar-refractivity contribution in [3.8, 4) is 5.75 Å². The maximum absolute atomic E-state index is 12.1. The minimum absolute atomic E-state index is 0.00470. The number of ether oxygens (including phenoxy) is 1. The zero-order chi connectivity index (χ0) is 19.9. The van der Waals surface area contributed by atoms with Crippen molar-refractivity contribution < 1.29 is 23.4 Å². The van der Waals surface area contributed by atoms with Gasteiger partial charge in [0.25, 0.3) is 5.91 Å². The fraction of sp³-hybridized carbons (Fsp3) is 0.381. The zero-order valence-electron chi connectivity index (χ0n) is 15.5. The first-order chi connectivity index (χ1) is 13.5. The number of benzene rings is 2. The van der Waals surface area contributed by atoms with Crippen LogP contribution in [0, 0.1) is 0 Å². The van der Waals surface area contributed by atoms with Crippen molar-refractivity contribution in [2.45, 2.75) is 32.1 Å². The number of β-amino-alcohol motifs (C(OH)–C–C–N with tert-alkyl or cyclic N) is 1. The second-order valence-electron chi connectivity index (χ2n) is 6.86. The maximum atomic E-state index is 12.1. The number of rotatable bonds is 8. The Morgan fingerprint density at radius 1 is 1.14 bits per heavy atom. The SMILES string of the molecule is O=C(NCCC(O)CN1CCc2ccccc2C1)c1ccc(OC(F)F)cc1. The molecule has 1 amide bonds. The number of halogens is 2. The highest BCUT2D eigenvalue weighted by Gasteiger charge is 2.18. The number of nitrogens with zero attached hydrogens (tertiary/aromatic N) is 1. The van der Waals surface area contributed by atoms with E-state index in [1.807, 2.05) is 12.1 Å². The lowest BCUT2D eigenvalue weighted by Crippen LogP contribution is -2.38. The Hall–Kier alpha value is -2.51. The average molecular weight is 390 g/mol. The second-order valence-corrected chi connectivity index (χ2v) is 6.86. The van der Waals surface area contributed by atoms with Gasteiger partial charge in [0.2, 0.25) is 0 Å². The average Bonchev–Trinajstić information content (AvgIpc) is 2.68. The molecule has 1 aliphatic rings. The van der Waals surface area contributed by atoms with Crippen molar-refractivity contribution in [2.75, 3.05) is 19.6 Å². The summed E-state index contributed by atoms with van der Waals surface area (Å²) in [5.74, 6) is -0.312. The van der Waals surface area contributed by atoms with Crippen LogP contribution < -0.4 is 10.1 Å². The number of carbonyl (C=O) groups excluding carboxylic acids is 1. The fourth-order valence-electron chi connectivity index (χ4n) is 3.34. The van der Waals surface area contributed by atoms with Crippen molar-refractivity contribution in [3.05, 3.63) is 65.2 Å². The summed E-state index contributed by atoms with van der Waals surface area (Å²) in [6.07, 6.45) is 0.883. The molecule has 0 fully saturated rings. The Bertz CT molecular complexity index is 783. The van der Waals surface area contributed by atoms with E-state index >= 15 is 0 Å². The van der Waals surface area contributed by atoms with Crippen LogP contribution in [0.2, 0.25) is 0 Å². The summed E-state index contributed by atoms with van der Waals surface area (Å²) in [6, 6.07) is 13.8. The van der Waals surface area contributed by atoms with Crippen LogP contribution >= 0.6 is 0 Å². The molecule has 1 aliphatic heterocycles. The lowest BCUT2D eigenvalue weighted by molar-refractivity contribution is -0.0498.